The summed E-state index contributed by atoms with van der Waals surface area (Å²) in [7, 11) is 0. The first kappa shape index (κ1) is 14.8. The fourth-order valence-corrected chi connectivity index (χ4v) is 2.31. The first-order chi connectivity index (χ1) is 11.1. The number of nitrogens with zero attached hydrogens (tertiary/aromatic N) is 1. The number of carbonyl (C=O) groups is 2. The number of hydrogen-bond acceptors (Lipinski definition) is 3. The highest BCUT2D eigenvalue weighted by molar-refractivity contribution is 6.00. The molecule has 2 amide bonds. The van der Waals surface area contributed by atoms with Crippen LogP contribution in [0.2, 0.25) is 0 Å². The highest BCUT2D eigenvalue weighted by atomic mass is 16.2. The number of carbonyl (C=O) groups excluding carboxylic acids is 2. The monoisotopic (exact) mass is 308 g/mol. The average molecular weight is 308 g/mol. The summed E-state index contributed by atoms with van der Waals surface area (Å²) in [6.45, 7) is 1.77. The molecule has 0 spiro atoms. The van der Waals surface area contributed by atoms with Crippen molar-refractivity contribution in [2.45, 2.75) is 6.92 Å². The SMILES string of the molecule is Cc1ccccc1C(=O)NCC(=O)Nc1ccc2[nH]ncc2c1. The molecule has 116 valence electrons. The molecule has 0 aliphatic rings. The van der Waals surface area contributed by atoms with E-state index in [9.17, 15) is 9.59 Å². The summed E-state index contributed by atoms with van der Waals surface area (Å²) < 4.78 is 0. The number of H-pyrrole nitrogens is 1. The summed E-state index contributed by atoms with van der Waals surface area (Å²) in [6.07, 6.45) is 1.69. The molecule has 3 aromatic rings. The molecule has 1 heterocycles. The number of amides is 2. The zero-order valence-electron chi connectivity index (χ0n) is 12.6. The molecule has 23 heavy (non-hydrogen) atoms. The lowest BCUT2D eigenvalue weighted by Crippen LogP contribution is -2.33. The summed E-state index contributed by atoms with van der Waals surface area (Å²) in [4.78, 5) is 24.0. The largest absolute Gasteiger partial charge is 0.343 e. The third-order valence-corrected chi connectivity index (χ3v) is 3.52. The molecule has 0 bridgehead atoms. The highest BCUT2D eigenvalue weighted by Crippen LogP contribution is 2.16. The predicted octanol–water partition coefficient (Wildman–Crippen LogP) is 2.24. The Morgan fingerprint density at radius 2 is 2.00 bits per heavy atom. The van der Waals surface area contributed by atoms with E-state index < -0.39 is 0 Å². The number of nitrogens with one attached hydrogen (secondary N) is 3. The summed E-state index contributed by atoms with van der Waals surface area (Å²) in [5.74, 6) is -0.543. The number of aromatic amines is 1. The zero-order chi connectivity index (χ0) is 16.2. The number of benzene rings is 2. The molecular weight excluding hydrogens is 292 g/mol. The molecule has 0 fully saturated rings. The van der Waals surface area contributed by atoms with Gasteiger partial charge in [0.05, 0.1) is 18.3 Å². The Bertz CT molecular complexity index is 870. The third-order valence-electron chi connectivity index (χ3n) is 3.52. The van der Waals surface area contributed by atoms with E-state index in [0.29, 0.717) is 11.3 Å². The number of fused-ring (bicyclic) bond motifs is 1. The van der Waals surface area contributed by atoms with E-state index in [0.717, 1.165) is 16.5 Å². The van der Waals surface area contributed by atoms with Crippen molar-refractivity contribution in [3.63, 3.8) is 0 Å². The summed E-state index contributed by atoms with van der Waals surface area (Å²) in [5, 5.41) is 13.1. The van der Waals surface area contributed by atoms with Crippen molar-refractivity contribution in [3.05, 3.63) is 59.8 Å². The molecular formula is C17H16N4O2. The molecule has 6 nitrogen and oxygen atoms in total. The van der Waals surface area contributed by atoms with Crippen LogP contribution in [0, 0.1) is 6.92 Å². The van der Waals surface area contributed by atoms with Gasteiger partial charge in [0, 0.05) is 16.6 Å². The molecule has 0 aliphatic carbocycles. The van der Waals surface area contributed by atoms with Crippen LogP contribution in [0.1, 0.15) is 15.9 Å². The van der Waals surface area contributed by atoms with E-state index in [1.54, 1.807) is 24.4 Å². The van der Waals surface area contributed by atoms with Crippen molar-refractivity contribution in [2.75, 3.05) is 11.9 Å². The standard InChI is InChI=1S/C17H16N4O2/c1-11-4-2-3-5-14(11)17(23)18-10-16(22)20-13-6-7-15-12(8-13)9-19-21-15/h2-9H,10H2,1H3,(H,18,23)(H,19,21)(H,20,22). The molecule has 0 unspecified atom stereocenters. The third kappa shape index (κ3) is 3.37. The van der Waals surface area contributed by atoms with Gasteiger partial charge in [-0.05, 0) is 36.8 Å². The van der Waals surface area contributed by atoms with E-state index >= 15 is 0 Å². The van der Waals surface area contributed by atoms with E-state index in [2.05, 4.69) is 20.8 Å². The predicted molar refractivity (Wildman–Crippen MR) is 88.2 cm³/mol. The van der Waals surface area contributed by atoms with Crippen molar-refractivity contribution in [1.82, 2.24) is 15.5 Å². The molecule has 3 N–H and O–H groups in total. The van der Waals surface area contributed by atoms with Gasteiger partial charge in [-0.15, -0.1) is 0 Å². The maximum atomic E-state index is 12.1. The van der Waals surface area contributed by atoms with Crippen LogP contribution in [-0.4, -0.2) is 28.6 Å². The second kappa shape index (κ2) is 6.31. The van der Waals surface area contributed by atoms with Gasteiger partial charge in [0.1, 0.15) is 0 Å². The summed E-state index contributed by atoms with van der Waals surface area (Å²) in [5.41, 5.74) is 3.00. The molecule has 6 heteroatoms. The van der Waals surface area contributed by atoms with Crippen LogP contribution in [0.4, 0.5) is 5.69 Å². The van der Waals surface area contributed by atoms with Gasteiger partial charge in [-0.25, -0.2) is 0 Å². The number of aromatic nitrogens is 2. The fraction of sp³-hybridized carbons (Fsp3) is 0.118. The fourth-order valence-electron chi connectivity index (χ4n) is 2.31. The molecule has 0 aliphatic heterocycles. The minimum Gasteiger partial charge on any atom is -0.343 e. The van der Waals surface area contributed by atoms with E-state index in [1.807, 2.05) is 31.2 Å². The van der Waals surface area contributed by atoms with Crippen molar-refractivity contribution in [2.24, 2.45) is 0 Å². The van der Waals surface area contributed by atoms with E-state index in [-0.39, 0.29) is 18.4 Å². The smallest absolute Gasteiger partial charge is 0.251 e. The Balaban J connectivity index is 1.59. The molecule has 3 rings (SSSR count). The van der Waals surface area contributed by atoms with Gasteiger partial charge in [0.15, 0.2) is 0 Å². The topological polar surface area (TPSA) is 86.9 Å². The van der Waals surface area contributed by atoms with Gasteiger partial charge >= 0.3 is 0 Å². The van der Waals surface area contributed by atoms with E-state index in [1.165, 1.54) is 0 Å². The van der Waals surface area contributed by atoms with Crippen molar-refractivity contribution in [1.29, 1.82) is 0 Å². The number of rotatable bonds is 4. The lowest BCUT2D eigenvalue weighted by molar-refractivity contribution is -0.115. The van der Waals surface area contributed by atoms with Gasteiger partial charge < -0.3 is 10.6 Å². The normalized spacial score (nSPS) is 10.5. The van der Waals surface area contributed by atoms with Crippen LogP contribution in [0.25, 0.3) is 10.9 Å². The van der Waals surface area contributed by atoms with Crippen molar-refractivity contribution in [3.8, 4) is 0 Å². The zero-order valence-corrected chi connectivity index (χ0v) is 12.6. The van der Waals surface area contributed by atoms with Crippen LogP contribution in [0.5, 0.6) is 0 Å². The Labute approximate surface area is 132 Å². The number of aryl methyl sites for hydroxylation is 1. The first-order valence-electron chi connectivity index (χ1n) is 7.20. The van der Waals surface area contributed by atoms with Gasteiger partial charge in [0.2, 0.25) is 5.91 Å². The molecule has 0 saturated heterocycles. The van der Waals surface area contributed by atoms with Crippen LogP contribution >= 0.6 is 0 Å². The Morgan fingerprint density at radius 1 is 1.17 bits per heavy atom. The molecule has 1 aromatic heterocycles. The van der Waals surface area contributed by atoms with Gasteiger partial charge in [0.25, 0.3) is 5.91 Å². The number of hydrogen-bond donors (Lipinski definition) is 3. The van der Waals surface area contributed by atoms with Crippen molar-refractivity contribution >= 4 is 28.4 Å². The molecule has 0 radical (unpaired) electrons. The summed E-state index contributed by atoms with van der Waals surface area (Å²) >= 11 is 0. The number of anilines is 1. The summed E-state index contributed by atoms with van der Waals surface area (Å²) in [6, 6.07) is 12.7. The second-order valence-corrected chi connectivity index (χ2v) is 5.22. The Morgan fingerprint density at radius 3 is 2.83 bits per heavy atom. The average Bonchev–Trinajstić information content (AvgIpc) is 3.01. The van der Waals surface area contributed by atoms with Gasteiger partial charge in [-0.1, -0.05) is 18.2 Å². The van der Waals surface area contributed by atoms with Gasteiger partial charge in [-0.3, -0.25) is 14.7 Å². The van der Waals surface area contributed by atoms with Gasteiger partial charge in [-0.2, -0.15) is 5.10 Å². The van der Waals surface area contributed by atoms with Crippen molar-refractivity contribution < 1.29 is 9.59 Å². The second-order valence-electron chi connectivity index (χ2n) is 5.22. The molecule has 2 aromatic carbocycles. The Kier molecular flexibility index (Phi) is 4.05. The molecule has 0 atom stereocenters. The Hall–Kier alpha value is -3.15. The first-order valence-corrected chi connectivity index (χ1v) is 7.20. The lowest BCUT2D eigenvalue weighted by Gasteiger charge is -2.08. The van der Waals surface area contributed by atoms with Crippen LogP contribution in [-0.2, 0) is 4.79 Å². The minimum absolute atomic E-state index is 0.0867. The molecule has 0 saturated carbocycles. The maximum absolute atomic E-state index is 12.1. The van der Waals surface area contributed by atoms with E-state index in [4.69, 9.17) is 0 Å². The maximum Gasteiger partial charge on any atom is 0.251 e. The highest BCUT2D eigenvalue weighted by Gasteiger charge is 2.10. The quantitative estimate of drug-likeness (QED) is 0.691. The van der Waals surface area contributed by atoms with Crippen LogP contribution < -0.4 is 10.6 Å². The lowest BCUT2D eigenvalue weighted by atomic mass is 10.1. The van der Waals surface area contributed by atoms with Crippen LogP contribution in [0.15, 0.2) is 48.7 Å². The minimum atomic E-state index is -0.283. The van der Waals surface area contributed by atoms with Crippen LogP contribution in [0.3, 0.4) is 0 Å².